The maximum atomic E-state index is 5.30. The molecule has 0 spiro atoms. The summed E-state index contributed by atoms with van der Waals surface area (Å²) in [5, 5.41) is 0. The van der Waals surface area contributed by atoms with Crippen molar-refractivity contribution in [3.63, 3.8) is 0 Å². The summed E-state index contributed by atoms with van der Waals surface area (Å²) < 4.78 is 5.23. The summed E-state index contributed by atoms with van der Waals surface area (Å²) in [7, 11) is 0. The van der Waals surface area contributed by atoms with Gasteiger partial charge in [-0.3, -0.25) is 4.99 Å². The number of hydrogen-bond donors (Lipinski definition) is 1. The average molecular weight is 144 g/mol. The maximum Gasteiger partial charge on any atom is 0.0906 e. The van der Waals surface area contributed by atoms with Crippen molar-refractivity contribution >= 4 is 5.84 Å². The van der Waals surface area contributed by atoms with Crippen molar-refractivity contribution < 1.29 is 4.74 Å². The quantitative estimate of drug-likeness (QED) is 0.360. The van der Waals surface area contributed by atoms with Crippen molar-refractivity contribution in [1.82, 2.24) is 0 Å². The third-order valence-corrected chi connectivity index (χ3v) is 0.904. The van der Waals surface area contributed by atoms with Gasteiger partial charge >= 0.3 is 0 Å². The molecule has 0 aromatic heterocycles. The Kier molecular flexibility index (Phi) is 4.94. The lowest BCUT2D eigenvalue weighted by molar-refractivity contribution is 0.0853. The number of rotatable bonds is 4. The van der Waals surface area contributed by atoms with E-state index in [4.69, 9.17) is 10.5 Å². The van der Waals surface area contributed by atoms with Crippen LogP contribution in [-0.2, 0) is 4.74 Å². The van der Waals surface area contributed by atoms with Gasteiger partial charge in [0, 0.05) is 0 Å². The first-order chi connectivity index (χ1) is 4.63. The molecule has 0 aromatic rings. The molecule has 0 aliphatic heterocycles. The van der Waals surface area contributed by atoms with Gasteiger partial charge in [0.25, 0.3) is 0 Å². The highest BCUT2D eigenvalue weighted by Gasteiger charge is 1.90. The van der Waals surface area contributed by atoms with E-state index < -0.39 is 0 Å². The molecule has 0 radical (unpaired) electrons. The van der Waals surface area contributed by atoms with E-state index in [2.05, 4.69) is 4.99 Å². The van der Waals surface area contributed by atoms with Crippen molar-refractivity contribution in [2.75, 3.05) is 13.2 Å². The lowest BCUT2D eigenvalue weighted by atomic mass is 10.5. The number of aliphatic imine (C=N–C) groups is 1. The molecule has 60 valence electrons. The highest BCUT2D eigenvalue weighted by Crippen LogP contribution is 1.86. The zero-order chi connectivity index (χ0) is 7.98. The lowest BCUT2D eigenvalue weighted by Gasteiger charge is -2.04. The summed E-state index contributed by atoms with van der Waals surface area (Å²) in [4.78, 5) is 3.97. The van der Waals surface area contributed by atoms with Gasteiger partial charge in [0.1, 0.15) is 0 Å². The van der Waals surface area contributed by atoms with Gasteiger partial charge < -0.3 is 10.5 Å². The van der Waals surface area contributed by atoms with Crippen molar-refractivity contribution in [3.05, 3.63) is 0 Å². The Morgan fingerprint density at radius 3 is 2.60 bits per heavy atom. The molecule has 0 rings (SSSR count). The van der Waals surface area contributed by atoms with E-state index in [9.17, 15) is 0 Å². The SMILES string of the molecule is CC(N)=NCCOC(C)C. The Hall–Kier alpha value is -0.570. The Balaban J connectivity index is 3.13. The van der Waals surface area contributed by atoms with E-state index in [0.29, 0.717) is 19.0 Å². The number of ether oxygens (including phenoxy) is 1. The van der Waals surface area contributed by atoms with Crippen LogP contribution in [0.4, 0.5) is 0 Å². The Bertz CT molecular complexity index is 106. The van der Waals surface area contributed by atoms with E-state index >= 15 is 0 Å². The summed E-state index contributed by atoms with van der Waals surface area (Å²) in [6.45, 7) is 7.10. The normalized spacial score (nSPS) is 12.6. The van der Waals surface area contributed by atoms with Crippen LogP contribution in [-0.4, -0.2) is 25.1 Å². The Labute approximate surface area is 62.3 Å². The molecular formula is C7H16N2O. The fraction of sp³-hybridized carbons (Fsp3) is 0.857. The summed E-state index contributed by atoms with van der Waals surface area (Å²) >= 11 is 0. The van der Waals surface area contributed by atoms with Gasteiger partial charge in [-0.15, -0.1) is 0 Å². The second kappa shape index (κ2) is 5.23. The molecule has 0 aliphatic carbocycles. The molecular weight excluding hydrogens is 128 g/mol. The van der Waals surface area contributed by atoms with Crippen molar-refractivity contribution in [2.24, 2.45) is 10.7 Å². The van der Waals surface area contributed by atoms with Gasteiger partial charge in [0.05, 0.1) is 25.1 Å². The minimum absolute atomic E-state index is 0.285. The van der Waals surface area contributed by atoms with Crippen LogP contribution >= 0.6 is 0 Å². The molecule has 0 unspecified atom stereocenters. The molecule has 3 nitrogen and oxygen atoms in total. The van der Waals surface area contributed by atoms with Crippen molar-refractivity contribution in [1.29, 1.82) is 0 Å². The standard InChI is InChI=1S/C7H16N2O/c1-6(2)10-5-4-9-7(3)8/h6H,4-5H2,1-3H3,(H2,8,9). The summed E-state index contributed by atoms with van der Waals surface area (Å²) in [6.07, 6.45) is 0.285. The molecule has 0 amide bonds. The first-order valence-corrected chi connectivity index (χ1v) is 3.51. The van der Waals surface area contributed by atoms with Gasteiger partial charge in [-0.05, 0) is 20.8 Å². The van der Waals surface area contributed by atoms with Gasteiger partial charge in [-0.1, -0.05) is 0 Å². The zero-order valence-corrected chi connectivity index (χ0v) is 6.92. The molecule has 0 aliphatic rings. The van der Waals surface area contributed by atoms with Crippen LogP contribution < -0.4 is 5.73 Å². The van der Waals surface area contributed by atoms with Crippen LogP contribution in [0.3, 0.4) is 0 Å². The topological polar surface area (TPSA) is 47.6 Å². The predicted octanol–water partition coefficient (Wildman–Crippen LogP) is 0.788. The highest BCUT2D eigenvalue weighted by molar-refractivity contribution is 5.77. The number of nitrogens with zero attached hydrogens (tertiary/aromatic N) is 1. The van der Waals surface area contributed by atoms with E-state index in [1.54, 1.807) is 6.92 Å². The van der Waals surface area contributed by atoms with Gasteiger partial charge in [-0.2, -0.15) is 0 Å². The maximum absolute atomic E-state index is 5.30. The molecule has 0 saturated carbocycles. The minimum atomic E-state index is 0.285. The second-order valence-electron chi connectivity index (χ2n) is 2.44. The summed E-state index contributed by atoms with van der Waals surface area (Å²) in [5.74, 6) is 0.618. The van der Waals surface area contributed by atoms with Crippen LogP contribution in [0.25, 0.3) is 0 Å². The third-order valence-electron chi connectivity index (χ3n) is 0.904. The number of hydrogen-bond acceptors (Lipinski definition) is 2. The van der Waals surface area contributed by atoms with Crippen LogP contribution in [0, 0.1) is 0 Å². The molecule has 0 fully saturated rings. The number of amidine groups is 1. The van der Waals surface area contributed by atoms with E-state index in [1.807, 2.05) is 13.8 Å². The smallest absolute Gasteiger partial charge is 0.0906 e. The fourth-order valence-corrected chi connectivity index (χ4v) is 0.510. The van der Waals surface area contributed by atoms with Crippen molar-refractivity contribution in [3.8, 4) is 0 Å². The third kappa shape index (κ3) is 7.43. The Morgan fingerprint density at radius 1 is 1.60 bits per heavy atom. The van der Waals surface area contributed by atoms with Crippen LogP contribution in [0.15, 0.2) is 4.99 Å². The molecule has 2 N–H and O–H groups in total. The largest absolute Gasteiger partial charge is 0.388 e. The van der Waals surface area contributed by atoms with E-state index in [0.717, 1.165) is 0 Å². The first-order valence-electron chi connectivity index (χ1n) is 3.51. The van der Waals surface area contributed by atoms with E-state index in [-0.39, 0.29) is 6.10 Å². The summed E-state index contributed by atoms with van der Waals surface area (Å²) in [5.41, 5.74) is 5.30. The van der Waals surface area contributed by atoms with Crippen LogP contribution in [0.2, 0.25) is 0 Å². The van der Waals surface area contributed by atoms with Gasteiger partial charge in [0.15, 0.2) is 0 Å². The highest BCUT2D eigenvalue weighted by atomic mass is 16.5. The van der Waals surface area contributed by atoms with E-state index in [1.165, 1.54) is 0 Å². The molecule has 0 heterocycles. The summed E-state index contributed by atoms with van der Waals surface area (Å²) in [6, 6.07) is 0. The first kappa shape index (κ1) is 9.43. The minimum Gasteiger partial charge on any atom is -0.388 e. The molecule has 3 heteroatoms. The molecule has 0 bridgehead atoms. The molecule has 0 saturated heterocycles. The fourth-order valence-electron chi connectivity index (χ4n) is 0.510. The van der Waals surface area contributed by atoms with Crippen molar-refractivity contribution in [2.45, 2.75) is 26.9 Å². The molecule has 0 atom stereocenters. The van der Waals surface area contributed by atoms with Gasteiger partial charge in [-0.25, -0.2) is 0 Å². The lowest BCUT2D eigenvalue weighted by Crippen LogP contribution is -2.10. The molecule has 0 aromatic carbocycles. The van der Waals surface area contributed by atoms with Crippen LogP contribution in [0.1, 0.15) is 20.8 Å². The zero-order valence-electron chi connectivity index (χ0n) is 6.92. The predicted molar refractivity (Wildman–Crippen MR) is 43.3 cm³/mol. The van der Waals surface area contributed by atoms with Crippen LogP contribution in [0.5, 0.6) is 0 Å². The number of nitrogens with two attached hydrogens (primary N) is 1. The molecule has 10 heavy (non-hydrogen) atoms. The monoisotopic (exact) mass is 144 g/mol. The van der Waals surface area contributed by atoms with Gasteiger partial charge in [0.2, 0.25) is 0 Å². The average Bonchev–Trinajstić information content (AvgIpc) is 1.79. The second-order valence-corrected chi connectivity index (χ2v) is 2.44. The Morgan fingerprint density at radius 2 is 2.20 bits per heavy atom.